The van der Waals surface area contributed by atoms with Crippen LogP contribution in [0.2, 0.25) is 0 Å². The van der Waals surface area contributed by atoms with Crippen LogP contribution >= 0.6 is 15.9 Å². The normalized spacial score (nSPS) is 11.6. The third-order valence-corrected chi connectivity index (χ3v) is 4.53. The SMILES string of the molecule is Cc1nn(CC(=O)NCc2ccccc2C(F)(F)F)c(C)c1Br. The van der Waals surface area contributed by atoms with Crippen molar-refractivity contribution in [3.63, 3.8) is 0 Å². The summed E-state index contributed by atoms with van der Waals surface area (Å²) in [6, 6.07) is 5.18. The Labute approximate surface area is 139 Å². The lowest BCUT2D eigenvalue weighted by molar-refractivity contribution is -0.138. The number of halogens is 4. The van der Waals surface area contributed by atoms with Gasteiger partial charge in [-0.25, -0.2) is 0 Å². The molecule has 1 aromatic heterocycles. The van der Waals surface area contributed by atoms with Gasteiger partial charge in [-0.2, -0.15) is 18.3 Å². The molecule has 0 spiro atoms. The van der Waals surface area contributed by atoms with E-state index >= 15 is 0 Å². The van der Waals surface area contributed by atoms with Gasteiger partial charge in [-0.15, -0.1) is 0 Å². The molecule has 1 amide bonds. The highest BCUT2D eigenvalue weighted by Crippen LogP contribution is 2.31. The fraction of sp³-hybridized carbons (Fsp3) is 0.333. The van der Waals surface area contributed by atoms with Crippen LogP contribution in [0.3, 0.4) is 0 Å². The number of nitrogens with zero attached hydrogens (tertiary/aromatic N) is 2. The maximum Gasteiger partial charge on any atom is 0.416 e. The minimum Gasteiger partial charge on any atom is -0.350 e. The molecule has 0 fully saturated rings. The van der Waals surface area contributed by atoms with Gasteiger partial charge in [0.2, 0.25) is 5.91 Å². The van der Waals surface area contributed by atoms with Crippen LogP contribution in [-0.2, 0) is 24.1 Å². The van der Waals surface area contributed by atoms with Crippen molar-refractivity contribution in [2.24, 2.45) is 0 Å². The van der Waals surface area contributed by atoms with Crippen LogP contribution in [0.4, 0.5) is 13.2 Å². The molecule has 124 valence electrons. The minimum atomic E-state index is -4.44. The first-order chi connectivity index (χ1) is 10.7. The Morgan fingerprint density at radius 1 is 1.30 bits per heavy atom. The highest BCUT2D eigenvalue weighted by molar-refractivity contribution is 9.10. The van der Waals surface area contributed by atoms with Crippen LogP contribution in [0.25, 0.3) is 0 Å². The molecular weight excluding hydrogens is 375 g/mol. The molecule has 4 nitrogen and oxygen atoms in total. The number of hydrogen-bond acceptors (Lipinski definition) is 2. The number of aromatic nitrogens is 2. The van der Waals surface area contributed by atoms with E-state index in [0.29, 0.717) is 0 Å². The van der Waals surface area contributed by atoms with Gasteiger partial charge in [-0.05, 0) is 41.4 Å². The Kier molecular flexibility index (Phi) is 5.13. The smallest absolute Gasteiger partial charge is 0.350 e. The van der Waals surface area contributed by atoms with E-state index in [2.05, 4.69) is 26.3 Å². The molecule has 8 heteroatoms. The van der Waals surface area contributed by atoms with E-state index in [-0.39, 0.29) is 18.7 Å². The van der Waals surface area contributed by atoms with Crippen molar-refractivity contribution in [1.82, 2.24) is 15.1 Å². The Morgan fingerprint density at radius 2 is 1.96 bits per heavy atom. The molecule has 0 aliphatic rings. The number of benzene rings is 1. The number of amides is 1. The van der Waals surface area contributed by atoms with Crippen LogP contribution < -0.4 is 5.32 Å². The van der Waals surface area contributed by atoms with Crippen molar-refractivity contribution in [2.75, 3.05) is 0 Å². The number of carbonyl (C=O) groups excluding carboxylic acids is 1. The van der Waals surface area contributed by atoms with E-state index in [1.807, 2.05) is 0 Å². The predicted octanol–water partition coefficient (Wildman–Crippen LogP) is 3.60. The van der Waals surface area contributed by atoms with Crippen LogP contribution in [0, 0.1) is 13.8 Å². The second-order valence-electron chi connectivity index (χ2n) is 5.07. The van der Waals surface area contributed by atoms with Crippen LogP contribution in [0.15, 0.2) is 28.7 Å². The molecular formula is C15H15BrF3N3O. The number of aryl methyl sites for hydroxylation is 1. The Morgan fingerprint density at radius 3 is 2.52 bits per heavy atom. The van der Waals surface area contributed by atoms with Crippen molar-refractivity contribution < 1.29 is 18.0 Å². The summed E-state index contributed by atoms with van der Waals surface area (Å²) in [6.07, 6.45) is -4.44. The molecule has 23 heavy (non-hydrogen) atoms. The van der Waals surface area contributed by atoms with Crippen LogP contribution in [0.5, 0.6) is 0 Å². The summed E-state index contributed by atoms with van der Waals surface area (Å²) in [7, 11) is 0. The first-order valence-electron chi connectivity index (χ1n) is 6.81. The maximum atomic E-state index is 12.9. The van der Waals surface area contributed by atoms with E-state index in [1.54, 1.807) is 13.8 Å². The van der Waals surface area contributed by atoms with E-state index < -0.39 is 17.6 Å². The fourth-order valence-electron chi connectivity index (χ4n) is 2.17. The molecule has 1 heterocycles. The van der Waals surface area contributed by atoms with Gasteiger partial charge in [0.15, 0.2) is 0 Å². The van der Waals surface area contributed by atoms with Gasteiger partial charge in [0.25, 0.3) is 0 Å². The number of alkyl halides is 3. The Balaban J connectivity index is 2.04. The Bertz CT molecular complexity index is 725. The molecule has 0 unspecified atom stereocenters. The number of nitrogens with one attached hydrogen (secondary N) is 1. The molecule has 1 N–H and O–H groups in total. The number of hydrogen-bond donors (Lipinski definition) is 1. The molecule has 0 bridgehead atoms. The zero-order chi connectivity index (χ0) is 17.2. The summed E-state index contributed by atoms with van der Waals surface area (Å²) in [6.45, 7) is 3.36. The third-order valence-electron chi connectivity index (χ3n) is 3.39. The van der Waals surface area contributed by atoms with Crippen LogP contribution in [0.1, 0.15) is 22.5 Å². The van der Waals surface area contributed by atoms with Gasteiger partial charge in [0.1, 0.15) is 6.54 Å². The molecule has 2 aromatic rings. The summed E-state index contributed by atoms with van der Waals surface area (Å²) in [5.74, 6) is -0.403. The van der Waals surface area contributed by atoms with Gasteiger partial charge in [-0.1, -0.05) is 18.2 Å². The largest absolute Gasteiger partial charge is 0.416 e. The zero-order valence-corrected chi connectivity index (χ0v) is 14.1. The molecule has 0 aliphatic heterocycles. The highest BCUT2D eigenvalue weighted by atomic mass is 79.9. The van der Waals surface area contributed by atoms with E-state index in [4.69, 9.17) is 0 Å². The van der Waals surface area contributed by atoms with Crippen molar-refractivity contribution in [1.29, 1.82) is 0 Å². The molecule has 0 radical (unpaired) electrons. The first kappa shape index (κ1) is 17.5. The predicted molar refractivity (Wildman–Crippen MR) is 82.7 cm³/mol. The van der Waals surface area contributed by atoms with Crippen molar-refractivity contribution >= 4 is 21.8 Å². The quantitative estimate of drug-likeness (QED) is 0.868. The molecule has 0 aliphatic carbocycles. The average Bonchev–Trinajstić information content (AvgIpc) is 2.72. The second-order valence-corrected chi connectivity index (χ2v) is 5.87. The second kappa shape index (κ2) is 6.74. The van der Waals surface area contributed by atoms with Gasteiger partial charge in [0.05, 0.1) is 21.4 Å². The standard InChI is InChI=1S/C15H15BrF3N3O/c1-9-14(16)10(2)22(21-9)8-13(23)20-7-11-5-3-4-6-12(11)15(17,18)19/h3-6H,7-8H2,1-2H3,(H,20,23). The molecule has 2 rings (SSSR count). The topological polar surface area (TPSA) is 46.9 Å². The van der Waals surface area contributed by atoms with Gasteiger partial charge < -0.3 is 5.32 Å². The third kappa shape index (κ3) is 4.13. The van der Waals surface area contributed by atoms with Crippen LogP contribution in [-0.4, -0.2) is 15.7 Å². The molecule has 1 aromatic carbocycles. The van der Waals surface area contributed by atoms with Gasteiger partial charge in [-0.3, -0.25) is 9.48 Å². The summed E-state index contributed by atoms with van der Waals surface area (Å²) in [4.78, 5) is 12.0. The van der Waals surface area contributed by atoms with Crippen molar-refractivity contribution in [3.05, 3.63) is 51.3 Å². The number of carbonyl (C=O) groups is 1. The lowest BCUT2D eigenvalue weighted by Gasteiger charge is -2.13. The maximum absolute atomic E-state index is 12.9. The van der Waals surface area contributed by atoms with Gasteiger partial charge in [0, 0.05) is 6.54 Å². The molecule has 0 saturated heterocycles. The number of rotatable bonds is 4. The van der Waals surface area contributed by atoms with Gasteiger partial charge >= 0.3 is 6.18 Å². The van der Waals surface area contributed by atoms with E-state index in [9.17, 15) is 18.0 Å². The minimum absolute atomic E-state index is 0.0305. The Hall–Kier alpha value is -1.83. The van der Waals surface area contributed by atoms with Crippen molar-refractivity contribution in [2.45, 2.75) is 33.1 Å². The summed E-state index contributed by atoms with van der Waals surface area (Å²) < 4.78 is 41.0. The van der Waals surface area contributed by atoms with E-state index in [1.165, 1.54) is 22.9 Å². The first-order valence-corrected chi connectivity index (χ1v) is 7.60. The van der Waals surface area contributed by atoms with E-state index in [0.717, 1.165) is 21.9 Å². The molecule has 0 saturated carbocycles. The highest BCUT2D eigenvalue weighted by Gasteiger charge is 2.32. The van der Waals surface area contributed by atoms with Crippen molar-refractivity contribution in [3.8, 4) is 0 Å². The average molecular weight is 390 g/mol. The summed E-state index contributed by atoms with van der Waals surface area (Å²) in [5.41, 5.74) is 0.822. The lowest BCUT2D eigenvalue weighted by atomic mass is 10.1. The monoisotopic (exact) mass is 389 g/mol. The molecule has 0 atom stereocenters. The zero-order valence-electron chi connectivity index (χ0n) is 12.5. The summed E-state index contributed by atoms with van der Waals surface area (Å²) >= 11 is 3.36. The lowest BCUT2D eigenvalue weighted by Crippen LogP contribution is -2.29. The summed E-state index contributed by atoms with van der Waals surface area (Å²) in [5, 5.41) is 6.69. The fourth-order valence-corrected chi connectivity index (χ4v) is 2.45.